The molecule has 0 aliphatic carbocycles. The van der Waals surface area contributed by atoms with Crippen LogP contribution in [0.1, 0.15) is 15.9 Å². The number of amides is 2. The molecule has 0 saturated carbocycles. The molecule has 0 aromatic heterocycles. The van der Waals surface area contributed by atoms with E-state index in [4.69, 9.17) is 32.7 Å². The Hall–Kier alpha value is -3.98. The van der Waals surface area contributed by atoms with Crippen LogP contribution in [0, 0.1) is 10.1 Å². The minimum Gasteiger partial charge on any atom is -0.493 e. The van der Waals surface area contributed by atoms with Crippen molar-refractivity contribution in [2.45, 2.75) is 4.90 Å². The first-order valence-electron chi connectivity index (χ1n) is 10.7. The Kier molecular flexibility index (Phi) is 8.20. The van der Waals surface area contributed by atoms with E-state index in [0.29, 0.717) is 10.6 Å². The lowest BCUT2D eigenvalue weighted by molar-refractivity contribution is -0.387. The largest absolute Gasteiger partial charge is 0.493 e. The van der Waals surface area contributed by atoms with Gasteiger partial charge in [0.15, 0.2) is 20.7 Å². The molecule has 200 valence electrons. The first kappa shape index (κ1) is 28.0. The van der Waals surface area contributed by atoms with Crippen molar-refractivity contribution < 1.29 is 31.9 Å². The SMILES string of the molecule is COc1cc(/C=C2\SC(=S)N(NC(=O)c3ccc(Cl)cc3)C2=O)ccc1OS(=O)(=O)c1ccccc1[N+](=O)[O-]. The Morgan fingerprint density at radius 1 is 1.13 bits per heavy atom. The fourth-order valence-corrected chi connectivity index (χ4v) is 5.72. The molecule has 15 heteroatoms. The Morgan fingerprint density at radius 2 is 1.82 bits per heavy atom. The third-order valence-corrected chi connectivity index (χ3v) is 7.97. The molecule has 1 heterocycles. The highest BCUT2D eigenvalue weighted by atomic mass is 35.5. The summed E-state index contributed by atoms with van der Waals surface area (Å²) in [5.74, 6) is -1.38. The Morgan fingerprint density at radius 3 is 2.49 bits per heavy atom. The third-order valence-electron chi connectivity index (χ3n) is 5.13. The van der Waals surface area contributed by atoms with Crippen molar-refractivity contribution in [2.24, 2.45) is 0 Å². The van der Waals surface area contributed by atoms with Gasteiger partial charge < -0.3 is 8.92 Å². The number of hydrogen-bond acceptors (Lipinski definition) is 10. The standard InChI is InChI=1S/C24H16ClN3O8S3/c1-35-19-12-14(6-11-18(19)36-39(33,34)21-5-3-2-4-17(21)28(31)32)13-20-23(30)27(24(37)38-20)26-22(29)15-7-9-16(25)10-8-15/h2-13H,1H3,(H,26,29)/b20-13-. The van der Waals surface area contributed by atoms with Crippen LogP contribution in [-0.2, 0) is 14.9 Å². The van der Waals surface area contributed by atoms with Gasteiger partial charge in [0.05, 0.1) is 16.9 Å². The normalized spacial score (nSPS) is 14.4. The summed E-state index contributed by atoms with van der Waals surface area (Å²) >= 11 is 12.0. The number of carbonyl (C=O) groups is 2. The van der Waals surface area contributed by atoms with Crippen LogP contribution < -0.4 is 14.3 Å². The number of carbonyl (C=O) groups excluding carboxylic acids is 2. The second-order valence-corrected chi connectivity index (χ2v) is 11.3. The summed E-state index contributed by atoms with van der Waals surface area (Å²) in [7, 11) is -3.31. The minimum atomic E-state index is -4.58. The van der Waals surface area contributed by atoms with E-state index in [1.807, 2.05) is 0 Å². The number of nitrogens with zero attached hydrogens (tertiary/aromatic N) is 2. The second-order valence-electron chi connectivity index (χ2n) is 7.64. The van der Waals surface area contributed by atoms with Gasteiger partial charge in [-0.2, -0.15) is 13.4 Å². The van der Waals surface area contributed by atoms with Gasteiger partial charge in [-0.25, -0.2) is 0 Å². The van der Waals surface area contributed by atoms with E-state index in [0.717, 1.165) is 28.9 Å². The van der Waals surface area contributed by atoms with Gasteiger partial charge in [0.2, 0.25) is 0 Å². The van der Waals surface area contributed by atoms with Crippen molar-refractivity contribution in [3.63, 3.8) is 0 Å². The van der Waals surface area contributed by atoms with Crippen LogP contribution in [-0.4, -0.2) is 41.6 Å². The van der Waals surface area contributed by atoms with E-state index in [-0.39, 0.29) is 26.3 Å². The maximum atomic E-state index is 12.9. The molecule has 3 aromatic carbocycles. The molecule has 0 bridgehead atoms. The van der Waals surface area contributed by atoms with Crippen LogP contribution in [0.3, 0.4) is 0 Å². The molecule has 0 spiro atoms. The van der Waals surface area contributed by atoms with E-state index < -0.39 is 37.4 Å². The number of methoxy groups -OCH3 is 1. The van der Waals surface area contributed by atoms with Gasteiger partial charge in [0.1, 0.15) is 0 Å². The van der Waals surface area contributed by atoms with Crippen molar-refractivity contribution in [3.8, 4) is 11.5 Å². The van der Waals surface area contributed by atoms with Gasteiger partial charge in [-0.15, -0.1) is 0 Å². The summed E-state index contributed by atoms with van der Waals surface area (Å²) in [6.07, 6.45) is 1.47. The molecule has 1 fully saturated rings. The molecular formula is C24H16ClN3O8S3. The number of benzene rings is 3. The smallest absolute Gasteiger partial charge is 0.346 e. The number of halogens is 1. The number of hydrogen-bond donors (Lipinski definition) is 1. The number of nitrogens with one attached hydrogen (secondary N) is 1. The fourth-order valence-electron chi connectivity index (χ4n) is 3.31. The summed E-state index contributed by atoms with van der Waals surface area (Å²) < 4.78 is 36.0. The highest BCUT2D eigenvalue weighted by Gasteiger charge is 2.34. The zero-order valence-electron chi connectivity index (χ0n) is 19.7. The number of thiocarbonyl (C=S) groups is 1. The fraction of sp³-hybridized carbons (Fsp3) is 0.0417. The maximum Gasteiger partial charge on any atom is 0.346 e. The van der Waals surface area contributed by atoms with Crippen LogP contribution in [0.5, 0.6) is 11.5 Å². The topological polar surface area (TPSA) is 145 Å². The Bertz CT molecular complexity index is 1640. The van der Waals surface area contributed by atoms with E-state index in [2.05, 4.69) is 5.43 Å². The maximum absolute atomic E-state index is 12.9. The molecule has 3 aromatic rings. The molecule has 39 heavy (non-hydrogen) atoms. The molecule has 1 N–H and O–H groups in total. The molecular weight excluding hydrogens is 590 g/mol. The lowest BCUT2D eigenvalue weighted by Crippen LogP contribution is -2.44. The summed E-state index contributed by atoms with van der Waals surface area (Å²) in [6, 6.07) is 15.0. The molecule has 1 saturated heterocycles. The van der Waals surface area contributed by atoms with Crippen molar-refractivity contribution in [3.05, 3.63) is 97.9 Å². The van der Waals surface area contributed by atoms with E-state index in [9.17, 15) is 28.1 Å². The number of ether oxygens (including phenoxy) is 1. The molecule has 1 aliphatic heterocycles. The van der Waals surface area contributed by atoms with Crippen molar-refractivity contribution in [1.29, 1.82) is 0 Å². The Balaban J connectivity index is 1.55. The van der Waals surface area contributed by atoms with Crippen LogP contribution in [0.25, 0.3) is 6.08 Å². The average Bonchev–Trinajstić information content (AvgIpc) is 3.16. The minimum absolute atomic E-state index is 0.0163. The van der Waals surface area contributed by atoms with Crippen molar-refractivity contribution in [1.82, 2.24) is 10.4 Å². The lowest BCUT2D eigenvalue weighted by Gasteiger charge is -2.15. The van der Waals surface area contributed by atoms with Gasteiger partial charge in [-0.3, -0.25) is 25.1 Å². The van der Waals surface area contributed by atoms with Gasteiger partial charge in [-0.05, 0) is 66.3 Å². The average molecular weight is 606 g/mol. The van der Waals surface area contributed by atoms with Crippen molar-refractivity contribution >= 4 is 73.6 Å². The van der Waals surface area contributed by atoms with Gasteiger partial charge in [-0.1, -0.05) is 41.6 Å². The molecule has 0 atom stereocenters. The van der Waals surface area contributed by atoms with Crippen LogP contribution in [0.4, 0.5) is 5.69 Å². The van der Waals surface area contributed by atoms with Gasteiger partial charge >= 0.3 is 10.1 Å². The second kappa shape index (κ2) is 11.4. The van der Waals surface area contributed by atoms with Crippen LogP contribution in [0.2, 0.25) is 5.02 Å². The summed E-state index contributed by atoms with van der Waals surface area (Å²) in [5.41, 5.74) is 2.51. The van der Waals surface area contributed by atoms with E-state index in [1.54, 1.807) is 0 Å². The van der Waals surface area contributed by atoms with E-state index in [1.165, 1.54) is 67.8 Å². The molecule has 0 radical (unpaired) electrons. The van der Waals surface area contributed by atoms with Crippen LogP contribution in [0.15, 0.2) is 76.5 Å². The number of thioether (sulfide) groups is 1. The number of para-hydroxylation sites is 1. The molecule has 2 amide bonds. The van der Waals surface area contributed by atoms with E-state index >= 15 is 0 Å². The molecule has 0 unspecified atom stereocenters. The summed E-state index contributed by atoms with van der Waals surface area (Å²) in [4.78, 5) is 35.4. The van der Waals surface area contributed by atoms with Gasteiger partial charge in [0, 0.05) is 16.7 Å². The molecule has 4 rings (SSSR count). The van der Waals surface area contributed by atoms with Crippen molar-refractivity contribution in [2.75, 3.05) is 7.11 Å². The zero-order valence-corrected chi connectivity index (χ0v) is 22.9. The number of rotatable bonds is 8. The number of hydrazine groups is 1. The summed E-state index contributed by atoms with van der Waals surface area (Å²) in [5, 5.41) is 12.6. The first-order valence-corrected chi connectivity index (χ1v) is 13.7. The highest BCUT2D eigenvalue weighted by molar-refractivity contribution is 8.26. The highest BCUT2D eigenvalue weighted by Crippen LogP contribution is 2.36. The predicted octanol–water partition coefficient (Wildman–Crippen LogP) is 4.57. The monoisotopic (exact) mass is 605 g/mol. The number of nitro groups is 1. The number of nitro benzene ring substituents is 1. The molecule has 11 nitrogen and oxygen atoms in total. The van der Waals surface area contributed by atoms with Gasteiger partial charge in [0.25, 0.3) is 17.5 Å². The Labute approximate surface area is 236 Å². The van der Waals surface area contributed by atoms with Crippen LogP contribution >= 0.6 is 35.6 Å². The zero-order chi connectivity index (χ0) is 28.3. The predicted molar refractivity (Wildman–Crippen MR) is 148 cm³/mol. The quantitative estimate of drug-likeness (QED) is 0.127. The molecule has 1 aliphatic rings. The summed E-state index contributed by atoms with van der Waals surface area (Å²) in [6.45, 7) is 0. The third kappa shape index (κ3) is 6.20. The first-order chi connectivity index (χ1) is 18.5. The lowest BCUT2D eigenvalue weighted by atomic mass is 10.2.